The minimum Gasteiger partial charge on any atom is -0.434 e. The quantitative estimate of drug-likeness (QED) is 0.358. The van der Waals surface area contributed by atoms with Crippen LogP contribution in [0.2, 0.25) is 5.02 Å². The van der Waals surface area contributed by atoms with Gasteiger partial charge in [-0.25, -0.2) is 17.2 Å². The Bertz CT molecular complexity index is 1330. The average Bonchev–Trinajstić information content (AvgIpc) is 3.18. The highest BCUT2D eigenvalue weighted by atomic mass is 35.5. The number of sulfone groups is 1. The van der Waals surface area contributed by atoms with E-state index in [2.05, 4.69) is 20.1 Å². The summed E-state index contributed by atoms with van der Waals surface area (Å²) in [4.78, 5) is 17.2. The van der Waals surface area contributed by atoms with Crippen LogP contribution in [0.4, 0.5) is 17.6 Å². The number of aromatic nitrogens is 3. The molecule has 0 radical (unpaired) electrons. The van der Waals surface area contributed by atoms with Crippen LogP contribution in [0.1, 0.15) is 62.6 Å². The zero-order valence-corrected chi connectivity index (χ0v) is 24.1. The van der Waals surface area contributed by atoms with Crippen molar-refractivity contribution in [2.45, 2.75) is 83.3 Å². The smallest absolute Gasteiger partial charge is 0.387 e. The molecule has 1 aliphatic carbocycles. The van der Waals surface area contributed by atoms with Crippen molar-refractivity contribution in [2.24, 2.45) is 5.41 Å². The maximum Gasteiger partial charge on any atom is 0.387 e. The number of ether oxygens (including phenoxy) is 1. The Kier molecular flexibility index (Phi) is 9.78. The van der Waals surface area contributed by atoms with E-state index in [1.165, 1.54) is 18.5 Å². The minimum absolute atomic E-state index is 0.0185. The van der Waals surface area contributed by atoms with Crippen LogP contribution in [-0.4, -0.2) is 70.9 Å². The number of hydrogen-bond donors (Lipinski definition) is 2. The van der Waals surface area contributed by atoms with Gasteiger partial charge < -0.3 is 15.2 Å². The van der Waals surface area contributed by atoms with Crippen LogP contribution in [0.15, 0.2) is 12.3 Å². The zero-order chi connectivity index (χ0) is 30.0. The molecule has 1 fully saturated rings. The molecule has 1 saturated carbocycles. The van der Waals surface area contributed by atoms with Crippen molar-refractivity contribution in [3.63, 3.8) is 0 Å². The first-order chi connectivity index (χ1) is 18.5. The van der Waals surface area contributed by atoms with Gasteiger partial charge >= 0.3 is 6.61 Å². The third-order valence-electron chi connectivity index (χ3n) is 7.08. The van der Waals surface area contributed by atoms with Crippen molar-refractivity contribution in [2.75, 3.05) is 12.8 Å². The highest BCUT2D eigenvalue weighted by Gasteiger charge is 2.37. The highest BCUT2D eigenvalue weighted by molar-refractivity contribution is 7.91. The lowest BCUT2D eigenvalue weighted by Crippen LogP contribution is -2.47. The van der Waals surface area contributed by atoms with Gasteiger partial charge in [0.05, 0.1) is 27.1 Å². The minimum atomic E-state index is -3.24. The van der Waals surface area contributed by atoms with E-state index in [0.29, 0.717) is 0 Å². The van der Waals surface area contributed by atoms with Gasteiger partial charge in [0.2, 0.25) is 6.43 Å². The van der Waals surface area contributed by atoms with E-state index in [4.69, 9.17) is 11.6 Å². The molecule has 40 heavy (non-hydrogen) atoms. The number of aliphatic hydroxyl groups is 1. The van der Waals surface area contributed by atoms with E-state index >= 15 is 0 Å². The van der Waals surface area contributed by atoms with E-state index in [1.807, 2.05) is 0 Å². The summed E-state index contributed by atoms with van der Waals surface area (Å²) in [7, 11) is -3.24. The van der Waals surface area contributed by atoms with E-state index in [9.17, 15) is 35.9 Å². The molecule has 2 heterocycles. The Morgan fingerprint density at radius 1 is 1.30 bits per heavy atom. The molecular formula is C25H33ClF4N4O5S. The summed E-state index contributed by atoms with van der Waals surface area (Å²) in [5.74, 6) is -1.11. The van der Waals surface area contributed by atoms with Gasteiger partial charge in [-0.05, 0) is 32.6 Å². The molecule has 15 heteroatoms. The number of carbonyl (C=O) groups excluding carboxylic acids is 1. The second-order valence-corrected chi connectivity index (χ2v) is 13.5. The lowest BCUT2D eigenvalue weighted by Gasteiger charge is -2.35. The summed E-state index contributed by atoms with van der Waals surface area (Å²) >= 11 is 6.52. The van der Waals surface area contributed by atoms with Crippen LogP contribution >= 0.6 is 11.6 Å². The fourth-order valence-corrected chi connectivity index (χ4v) is 6.04. The Hall–Kier alpha value is -2.45. The predicted molar refractivity (Wildman–Crippen MR) is 141 cm³/mol. The van der Waals surface area contributed by atoms with Gasteiger partial charge in [0.15, 0.2) is 5.69 Å². The van der Waals surface area contributed by atoms with Gasteiger partial charge in [0.1, 0.15) is 15.6 Å². The molecule has 2 aromatic rings. The number of alkyl halides is 4. The molecule has 0 spiro atoms. The second-order valence-electron chi connectivity index (χ2n) is 10.8. The summed E-state index contributed by atoms with van der Waals surface area (Å²) in [5, 5.41) is 16.9. The molecule has 2 N–H and O–H groups in total. The molecule has 1 aliphatic rings. The van der Waals surface area contributed by atoms with E-state index in [1.54, 1.807) is 6.92 Å². The first-order valence-electron chi connectivity index (χ1n) is 12.7. The predicted octanol–water partition coefficient (Wildman–Crippen LogP) is 4.50. The summed E-state index contributed by atoms with van der Waals surface area (Å²) in [6.45, 7) is 1.08. The first kappa shape index (κ1) is 32.1. The number of nitrogens with one attached hydrogen (secondary N) is 1. The van der Waals surface area contributed by atoms with Crippen molar-refractivity contribution < 1.29 is 40.6 Å². The summed E-state index contributed by atoms with van der Waals surface area (Å²) in [6.07, 6.45) is 0.262. The zero-order valence-electron chi connectivity index (χ0n) is 22.6. The normalized spacial score (nSPS) is 20.2. The maximum absolute atomic E-state index is 13.4. The summed E-state index contributed by atoms with van der Waals surface area (Å²) in [6, 6.07) is 1.14. The molecule has 0 saturated heterocycles. The Morgan fingerprint density at radius 3 is 2.45 bits per heavy atom. The second kappa shape index (κ2) is 12.2. The first-order valence-corrected chi connectivity index (χ1v) is 15.0. The topological polar surface area (TPSA) is 123 Å². The van der Waals surface area contributed by atoms with Crippen LogP contribution in [0.25, 0.3) is 11.3 Å². The monoisotopic (exact) mass is 612 g/mol. The van der Waals surface area contributed by atoms with Crippen LogP contribution in [-0.2, 0) is 22.8 Å². The molecular weight excluding hydrogens is 580 g/mol. The van der Waals surface area contributed by atoms with E-state index < -0.39 is 45.0 Å². The molecule has 2 aromatic heterocycles. The summed E-state index contributed by atoms with van der Waals surface area (Å²) in [5.41, 5.74) is -2.89. The third kappa shape index (κ3) is 7.43. The van der Waals surface area contributed by atoms with Gasteiger partial charge in [-0.1, -0.05) is 25.4 Å². The number of nitrogens with zero attached hydrogens (tertiary/aromatic N) is 3. The standard InChI is InChI=1S/C25H33ClF4N4O5S/c1-5-34-20(16-12-31-14(10-17(16)39-23(29)30)11-24(2,3)22(27)28)18(26)19(33-34)21(35)32-13-25(36)8-6-15(7-9-25)40(4,37)38/h10,12,15,22-23,36H,5-9,11,13H2,1-4H3,(H,32,35)/t15-,25+. The molecule has 0 aliphatic heterocycles. The summed E-state index contributed by atoms with van der Waals surface area (Å²) < 4.78 is 82.9. The fraction of sp³-hybridized carbons (Fsp3) is 0.640. The molecule has 224 valence electrons. The van der Waals surface area contributed by atoms with Crippen molar-refractivity contribution in [3.05, 3.63) is 28.7 Å². The third-order valence-corrected chi connectivity index (χ3v) is 9.12. The molecule has 3 rings (SSSR count). The van der Waals surface area contributed by atoms with Gasteiger partial charge in [0.25, 0.3) is 5.91 Å². The molecule has 0 aromatic carbocycles. The molecule has 0 unspecified atom stereocenters. The lowest BCUT2D eigenvalue weighted by molar-refractivity contribution is -0.0496. The number of rotatable bonds is 11. The fourth-order valence-electron chi connectivity index (χ4n) is 4.62. The van der Waals surface area contributed by atoms with Crippen molar-refractivity contribution >= 4 is 27.3 Å². The number of halogens is 5. The number of hydrogen-bond acceptors (Lipinski definition) is 7. The van der Waals surface area contributed by atoms with E-state index in [0.717, 1.165) is 18.5 Å². The van der Waals surface area contributed by atoms with Crippen molar-refractivity contribution in [3.8, 4) is 17.0 Å². The van der Waals surface area contributed by atoms with Crippen molar-refractivity contribution in [1.29, 1.82) is 0 Å². The van der Waals surface area contributed by atoms with Gasteiger partial charge in [-0.3, -0.25) is 14.5 Å². The largest absolute Gasteiger partial charge is 0.434 e. The average molecular weight is 613 g/mol. The Labute approximate surface area is 235 Å². The van der Waals surface area contributed by atoms with Crippen LogP contribution < -0.4 is 10.1 Å². The number of carbonyl (C=O) groups is 1. The van der Waals surface area contributed by atoms with Crippen LogP contribution in [0.5, 0.6) is 5.75 Å². The van der Waals surface area contributed by atoms with E-state index in [-0.39, 0.29) is 78.6 Å². The maximum atomic E-state index is 13.4. The van der Waals surface area contributed by atoms with Gasteiger partial charge in [-0.2, -0.15) is 13.9 Å². The molecule has 1 amide bonds. The lowest BCUT2D eigenvalue weighted by atomic mass is 9.84. The number of amides is 1. The van der Waals surface area contributed by atoms with Crippen LogP contribution in [0, 0.1) is 5.41 Å². The molecule has 9 nitrogen and oxygen atoms in total. The molecule has 0 atom stereocenters. The SMILES string of the molecule is CCn1nc(C(=O)NC[C@]2(O)CC[C@@H](S(C)(=O)=O)CC2)c(Cl)c1-c1cnc(CC(C)(C)C(F)F)cc1OC(F)F. The van der Waals surface area contributed by atoms with Gasteiger partial charge in [0, 0.05) is 49.1 Å². The number of pyridine rings is 1. The number of aryl methyl sites for hydroxylation is 1. The Balaban J connectivity index is 1.87. The molecule has 0 bridgehead atoms. The van der Waals surface area contributed by atoms with Crippen LogP contribution in [0.3, 0.4) is 0 Å². The van der Waals surface area contributed by atoms with Crippen molar-refractivity contribution in [1.82, 2.24) is 20.1 Å². The highest BCUT2D eigenvalue weighted by Crippen LogP contribution is 2.39. The van der Waals surface area contributed by atoms with Gasteiger partial charge in [-0.15, -0.1) is 0 Å². The Morgan fingerprint density at radius 2 is 1.93 bits per heavy atom.